The van der Waals surface area contributed by atoms with Crippen LogP contribution in [0.5, 0.6) is 5.75 Å². The minimum Gasteiger partial charge on any atom is -0.496 e. The van der Waals surface area contributed by atoms with Gasteiger partial charge in [0.1, 0.15) is 16.5 Å². The lowest BCUT2D eigenvalue weighted by molar-refractivity contribution is -0.459. The van der Waals surface area contributed by atoms with E-state index < -0.39 is 15.8 Å². The van der Waals surface area contributed by atoms with Crippen LogP contribution in [0.2, 0.25) is 0 Å². The summed E-state index contributed by atoms with van der Waals surface area (Å²) in [6.07, 6.45) is 0.600. The third-order valence-corrected chi connectivity index (χ3v) is 4.65. The molecule has 0 aliphatic heterocycles. The molecule has 0 aliphatic carbocycles. The molecule has 0 radical (unpaired) electrons. The molecule has 0 unspecified atom stereocenters. The quantitative estimate of drug-likeness (QED) is 0.494. The van der Waals surface area contributed by atoms with Gasteiger partial charge in [-0.05, 0) is 35.9 Å². The summed E-state index contributed by atoms with van der Waals surface area (Å²) in [5.74, 6) is 0.139. The van der Waals surface area contributed by atoms with Crippen LogP contribution in [-0.4, -0.2) is 28.0 Å². The van der Waals surface area contributed by atoms with Gasteiger partial charge in [-0.2, -0.15) is 13.1 Å². The van der Waals surface area contributed by atoms with Crippen LogP contribution in [-0.2, 0) is 16.4 Å². The molecule has 0 aromatic heterocycles. The monoisotopic (exact) mass is 352 g/mol. The van der Waals surface area contributed by atoms with Gasteiger partial charge in [0, 0.05) is 6.42 Å². The van der Waals surface area contributed by atoms with E-state index in [1.165, 1.54) is 12.1 Å². The van der Waals surface area contributed by atoms with Crippen LogP contribution in [0, 0.1) is 5.82 Å². The van der Waals surface area contributed by atoms with Crippen molar-refractivity contribution in [2.45, 2.75) is 11.3 Å². The maximum Gasteiger partial charge on any atom is 0.356 e. The SMILES string of the molecule is COc1ccccc1CC[NH+]=C(N)NS(=O)(=O)c1ccc(F)cc1. The lowest BCUT2D eigenvalue weighted by Gasteiger charge is -2.06. The van der Waals surface area contributed by atoms with Crippen molar-refractivity contribution in [3.8, 4) is 5.75 Å². The summed E-state index contributed by atoms with van der Waals surface area (Å²) in [6, 6.07) is 12.0. The molecule has 2 aromatic carbocycles. The average Bonchev–Trinajstić information content (AvgIpc) is 2.55. The number of benzene rings is 2. The van der Waals surface area contributed by atoms with Crippen molar-refractivity contribution in [1.29, 1.82) is 0 Å². The van der Waals surface area contributed by atoms with Crippen LogP contribution < -0.4 is 20.2 Å². The van der Waals surface area contributed by atoms with Gasteiger partial charge in [0.25, 0.3) is 0 Å². The van der Waals surface area contributed by atoms with Gasteiger partial charge in [-0.25, -0.2) is 4.39 Å². The van der Waals surface area contributed by atoms with Crippen molar-refractivity contribution in [2.24, 2.45) is 5.73 Å². The smallest absolute Gasteiger partial charge is 0.356 e. The fourth-order valence-corrected chi connectivity index (χ4v) is 3.07. The number of methoxy groups -OCH3 is 1. The number of sulfonamides is 1. The molecular formula is C16H19FN3O3S+. The zero-order valence-corrected chi connectivity index (χ0v) is 13.9. The topological polar surface area (TPSA) is 95.4 Å². The summed E-state index contributed by atoms with van der Waals surface area (Å²) in [6.45, 7) is 0.415. The zero-order valence-electron chi connectivity index (χ0n) is 13.1. The van der Waals surface area contributed by atoms with E-state index in [2.05, 4.69) is 9.71 Å². The Kier molecular flexibility index (Phi) is 5.75. The molecule has 0 saturated carbocycles. The number of ether oxygens (including phenoxy) is 1. The summed E-state index contributed by atoms with van der Waals surface area (Å²) in [4.78, 5) is 2.72. The largest absolute Gasteiger partial charge is 0.496 e. The summed E-state index contributed by atoms with van der Waals surface area (Å²) < 4.78 is 44.5. The Balaban J connectivity index is 1.99. The first-order valence-electron chi connectivity index (χ1n) is 7.19. The van der Waals surface area contributed by atoms with Gasteiger partial charge >= 0.3 is 16.0 Å². The van der Waals surface area contributed by atoms with E-state index in [1.54, 1.807) is 7.11 Å². The standard InChI is InChI=1S/C16H18FN3O3S/c1-23-15-5-3-2-4-12(15)10-11-19-16(18)20-24(21,22)14-8-6-13(17)7-9-14/h2-9H,10-11H2,1H3,(H3,18,19,20)/p+1. The maximum atomic E-state index is 12.9. The Labute approximate surface area is 140 Å². The second-order valence-corrected chi connectivity index (χ2v) is 6.64. The van der Waals surface area contributed by atoms with Crippen molar-refractivity contribution in [3.63, 3.8) is 0 Å². The van der Waals surface area contributed by atoms with Gasteiger partial charge < -0.3 is 4.74 Å². The third-order valence-electron chi connectivity index (χ3n) is 3.27. The molecule has 0 aliphatic rings. The van der Waals surface area contributed by atoms with Crippen molar-refractivity contribution in [2.75, 3.05) is 13.7 Å². The molecule has 0 atom stereocenters. The van der Waals surface area contributed by atoms with E-state index in [0.717, 1.165) is 23.4 Å². The predicted molar refractivity (Wildman–Crippen MR) is 88.4 cm³/mol. The van der Waals surface area contributed by atoms with Crippen LogP contribution in [0.1, 0.15) is 5.56 Å². The van der Waals surface area contributed by atoms with Crippen LogP contribution in [0.4, 0.5) is 4.39 Å². The van der Waals surface area contributed by atoms with Gasteiger partial charge in [-0.15, -0.1) is 0 Å². The lowest BCUT2D eigenvalue weighted by Crippen LogP contribution is -2.79. The Hall–Kier alpha value is -2.61. The van der Waals surface area contributed by atoms with Crippen LogP contribution in [0.3, 0.4) is 0 Å². The van der Waals surface area contributed by atoms with Crippen molar-refractivity contribution < 1.29 is 22.5 Å². The molecule has 6 nitrogen and oxygen atoms in total. The summed E-state index contributed by atoms with van der Waals surface area (Å²) in [5, 5.41) is 0. The molecule has 128 valence electrons. The summed E-state index contributed by atoms with van der Waals surface area (Å²) in [7, 11) is -2.26. The highest BCUT2D eigenvalue weighted by atomic mass is 32.2. The number of hydrogen-bond donors (Lipinski definition) is 3. The third kappa shape index (κ3) is 4.69. The van der Waals surface area contributed by atoms with E-state index >= 15 is 0 Å². The molecule has 0 heterocycles. The normalized spacial score (nSPS) is 12.0. The summed E-state index contributed by atoms with van der Waals surface area (Å²) in [5.41, 5.74) is 6.65. The molecule has 0 fully saturated rings. The first kappa shape index (κ1) is 17.7. The molecule has 8 heteroatoms. The Morgan fingerprint density at radius 3 is 2.54 bits per heavy atom. The van der Waals surface area contributed by atoms with Gasteiger partial charge in [-0.3, -0.25) is 10.7 Å². The van der Waals surface area contributed by atoms with E-state index in [1.807, 2.05) is 24.3 Å². The molecule has 24 heavy (non-hydrogen) atoms. The zero-order chi connectivity index (χ0) is 17.6. The molecular weight excluding hydrogens is 333 g/mol. The number of hydrogen-bond acceptors (Lipinski definition) is 3. The number of halogens is 1. The first-order chi connectivity index (χ1) is 11.4. The lowest BCUT2D eigenvalue weighted by atomic mass is 10.1. The van der Waals surface area contributed by atoms with Crippen LogP contribution in [0.15, 0.2) is 53.4 Å². The van der Waals surface area contributed by atoms with Crippen LogP contribution in [0.25, 0.3) is 0 Å². The van der Waals surface area contributed by atoms with E-state index in [0.29, 0.717) is 13.0 Å². The Morgan fingerprint density at radius 2 is 1.88 bits per heavy atom. The van der Waals surface area contributed by atoms with Crippen molar-refractivity contribution in [3.05, 3.63) is 59.9 Å². The Bertz CT molecular complexity index is 821. The van der Waals surface area contributed by atoms with Gasteiger partial charge in [0.2, 0.25) is 0 Å². The molecule has 0 saturated heterocycles. The van der Waals surface area contributed by atoms with Gasteiger partial charge in [0.15, 0.2) is 0 Å². The average molecular weight is 352 g/mol. The maximum absolute atomic E-state index is 12.9. The van der Waals surface area contributed by atoms with Crippen LogP contribution >= 0.6 is 0 Å². The molecule has 4 N–H and O–H groups in total. The fraction of sp³-hybridized carbons (Fsp3) is 0.188. The minimum atomic E-state index is -3.85. The summed E-state index contributed by atoms with van der Waals surface area (Å²) >= 11 is 0. The highest BCUT2D eigenvalue weighted by molar-refractivity contribution is 7.90. The van der Waals surface area contributed by atoms with Gasteiger partial charge in [-0.1, -0.05) is 18.2 Å². The number of guanidine groups is 1. The van der Waals surface area contributed by atoms with E-state index in [-0.39, 0.29) is 10.9 Å². The fourth-order valence-electron chi connectivity index (χ4n) is 2.09. The molecule has 2 aromatic rings. The highest BCUT2D eigenvalue weighted by Gasteiger charge is 2.19. The number of para-hydroxylation sites is 1. The first-order valence-corrected chi connectivity index (χ1v) is 8.67. The Morgan fingerprint density at radius 1 is 1.21 bits per heavy atom. The number of rotatable bonds is 6. The second kappa shape index (κ2) is 7.78. The van der Waals surface area contributed by atoms with E-state index in [4.69, 9.17) is 10.5 Å². The van der Waals surface area contributed by atoms with E-state index in [9.17, 15) is 12.8 Å². The van der Waals surface area contributed by atoms with Crippen molar-refractivity contribution in [1.82, 2.24) is 4.72 Å². The number of nitrogens with two attached hydrogens (primary N) is 1. The molecule has 0 amide bonds. The molecule has 0 bridgehead atoms. The molecule has 2 rings (SSSR count). The predicted octanol–water partition coefficient (Wildman–Crippen LogP) is -0.249. The number of nitrogens with one attached hydrogen (secondary N) is 2. The van der Waals surface area contributed by atoms with Gasteiger partial charge in [0.05, 0.1) is 13.7 Å². The minimum absolute atomic E-state index is 0.0709. The van der Waals surface area contributed by atoms with Crippen molar-refractivity contribution >= 4 is 16.0 Å². The second-order valence-electron chi connectivity index (χ2n) is 4.96. The molecule has 0 spiro atoms. The highest BCUT2D eigenvalue weighted by Crippen LogP contribution is 2.16.